The van der Waals surface area contributed by atoms with E-state index in [1.54, 1.807) is 0 Å². The summed E-state index contributed by atoms with van der Waals surface area (Å²) in [5.41, 5.74) is 1.13. The summed E-state index contributed by atoms with van der Waals surface area (Å²) in [7, 11) is 1.94. The fraction of sp³-hybridized carbons (Fsp3) is 0.562. The number of carbonyl (C=O) groups excluding carboxylic acids is 1. The number of aliphatic hydroxyl groups excluding tert-OH is 1. The van der Waals surface area contributed by atoms with Crippen molar-refractivity contribution < 1.29 is 9.90 Å². The third-order valence-corrected chi connectivity index (χ3v) is 3.26. The molecule has 0 heterocycles. The zero-order valence-electron chi connectivity index (χ0n) is 12.7. The highest BCUT2D eigenvalue weighted by Crippen LogP contribution is 2.17. The van der Waals surface area contributed by atoms with E-state index < -0.39 is 0 Å². The SMILES string of the molecule is CN(CC(=O)NCC(C)(C)CCO)Cc1ccccc1. The number of nitrogens with zero attached hydrogens (tertiary/aromatic N) is 1. The van der Waals surface area contributed by atoms with E-state index in [0.29, 0.717) is 19.5 Å². The molecule has 0 saturated heterocycles. The van der Waals surface area contributed by atoms with Gasteiger partial charge in [-0.05, 0) is 24.4 Å². The van der Waals surface area contributed by atoms with Gasteiger partial charge >= 0.3 is 0 Å². The number of likely N-dealkylation sites (N-methyl/N-ethyl adjacent to an activating group) is 1. The third kappa shape index (κ3) is 6.68. The lowest BCUT2D eigenvalue weighted by atomic mass is 9.90. The fourth-order valence-electron chi connectivity index (χ4n) is 1.98. The molecule has 0 atom stereocenters. The van der Waals surface area contributed by atoms with E-state index in [1.807, 2.05) is 44.0 Å². The Kier molecular flexibility index (Phi) is 6.68. The van der Waals surface area contributed by atoms with Gasteiger partial charge < -0.3 is 10.4 Å². The maximum atomic E-state index is 11.9. The number of carbonyl (C=O) groups is 1. The average molecular weight is 278 g/mol. The molecule has 112 valence electrons. The first-order chi connectivity index (χ1) is 9.43. The quantitative estimate of drug-likeness (QED) is 0.760. The third-order valence-electron chi connectivity index (χ3n) is 3.26. The Morgan fingerprint density at radius 2 is 1.95 bits per heavy atom. The van der Waals surface area contributed by atoms with Crippen molar-refractivity contribution in [3.05, 3.63) is 35.9 Å². The first kappa shape index (κ1) is 16.7. The Morgan fingerprint density at radius 1 is 1.30 bits per heavy atom. The van der Waals surface area contributed by atoms with Gasteiger partial charge in [0.25, 0.3) is 0 Å². The molecule has 0 bridgehead atoms. The maximum Gasteiger partial charge on any atom is 0.234 e. The minimum absolute atomic E-state index is 0.0226. The van der Waals surface area contributed by atoms with E-state index in [2.05, 4.69) is 17.4 Å². The van der Waals surface area contributed by atoms with Crippen LogP contribution in [0.2, 0.25) is 0 Å². The zero-order valence-corrected chi connectivity index (χ0v) is 12.7. The van der Waals surface area contributed by atoms with E-state index in [1.165, 1.54) is 5.56 Å². The second kappa shape index (κ2) is 8.02. The highest BCUT2D eigenvalue weighted by molar-refractivity contribution is 5.78. The highest BCUT2D eigenvalue weighted by Gasteiger charge is 2.18. The van der Waals surface area contributed by atoms with Gasteiger partial charge in [-0.1, -0.05) is 44.2 Å². The molecule has 4 heteroatoms. The van der Waals surface area contributed by atoms with Crippen LogP contribution in [0, 0.1) is 5.41 Å². The van der Waals surface area contributed by atoms with Crippen LogP contribution < -0.4 is 5.32 Å². The molecule has 0 aromatic heterocycles. The van der Waals surface area contributed by atoms with Crippen molar-refractivity contribution in [1.82, 2.24) is 10.2 Å². The van der Waals surface area contributed by atoms with E-state index >= 15 is 0 Å². The summed E-state index contributed by atoms with van der Waals surface area (Å²) >= 11 is 0. The second-order valence-corrected chi connectivity index (χ2v) is 6.07. The first-order valence-corrected chi connectivity index (χ1v) is 7.03. The van der Waals surface area contributed by atoms with Crippen molar-refractivity contribution in [3.63, 3.8) is 0 Å². The monoisotopic (exact) mass is 278 g/mol. The molecule has 0 spiro atoms. The lowest BCUT2D eigenvalue weighted by molar-refractivity contribution is -0.122. The smallest absolute Gasteiger partial charge is 0.234 e. The Balaban J connectivity index is 2.31. The standard InChI is InChI=1S/C16H26N2O2/c1-16(2,9-10-19)13-17-15(20)12-18(3)11-14-7-5-4-6-8-14/h4-8,19H,9-13H2,1-3H3,(H,17,20). The first-order valence-electron chi connectivity index (χ1n) is 7.03. The number of aliphatic hydroxyl groups is 1. The summed E-state index contributed by atoms with van der Waals surface area (Å²) in [4.78, 5) is 13.9. The molecule has 2 N–H and O–H groups in total. The summed E-state index contributed by atoms with van der Waals surface area (Å²) < 4.78 is 0. The normalized spacial score (nSPS) is 11.7. The number of amides is 1. The number of benzene rings is 1. The van der Waals surface area contributed by atoms with E-state index in [0.717, 1.165) is 6.54 Å². The predicted octanol–water partition coefficient (Wildman–Crippen LogP) is 1.64. The molecule has 0 saturated carbocycles. The molecule has 4 nitrogen and oxygen atoms in total. The van der Waals surface area contributed by atoms with Crippen molar-refractivity contribution in [2.45, 2.75) is 26.8 Å². The summed E-state index contributed by atoms with van der Waals surface area (Å²) in [6, 6.07) is 10.1. The van der Waals surface area contributed by atoms with Crippen LogP contribution in [0.4, 0.5) is 0 Å². The molecular weight excluding hydrogens is 252 g/mol. The van der Waals surface area contributed by atoms with Crippen molar-refractivity contribution in [3.8, 4) is 0 Å². The van der Waals surface area contributed by atoms with E-state index in [4.69, 9.17) is 5.11 Å². The Morgan fingerprint density at radius 3 is 2.55 bits per heavy atom. The Bertz CT molecular complexity index is 404. The molecule has 0 radical (unpaired) electrons. The summed E-state index contributed by atoms with van der Waals surface area (Å²) in [6.45, 7) is 5.95. The van der Waals surface area contributed by atoms with Crippen LogP contribution in [-0.4, -0.2) is 42.7 Å². The topological polar surface area (TPSA) is 52.6 Å². The molecule has 0 unspecified atom stereocenters. The highest BCUT2D eigenvalue weighted by atomic mass is 16.3. The van der Waals surface area contributed by atoms with Crippen molar-refractivity contribution in [1.29, 1.82) is 0 Å². The second-order valence-electron chi connectivity index (χ2n) is 6.07. The number of hydrogen-bond donors (Lipinski definition) is 2. The van der Waals surface area contributed by atoms with Crippen molar-refractivity contribution in [2.75, 3.05) is 26.7 Å². The van der Waals surface area contributed by atoms with Gasteiger partial charge in [0.2, 0.25) is 5.91 Å². The Labute approximate surface area is 121 Å². The van der Waals surface area contributed by atoms with Gasteiger partial charge in [-0.3, -0.25) is 9.69 Å². The lowest BCUT2D eigenvalue weighted by Crippen LogP contribution is -2.40. The molecule has 20 heavy (non-hydrogen) atoms. The molecule has 0 aliphatic heterocycles. The molecule has 1 rings (SSSR count). The minimum atomic E-state index is -0.0671. The van der Waals surface area contributed by atoms with Crippen LogP contribution >= 0.6 is 0 Å². The summed E-state index contributed by atoms with van der Waals surface area (Å²) in [5, 5.41) is 11.9. The fourth-order valence-corrected chi connectivity index (χ4v) is 1.98. The van der Waals surface area contributed by atoms with Crippen molar-refractivity contribution in [2.24, 2.45) is 5.41 Å². The van der Waals surface area contributed by atoms with E-state index in [-0.39, 0.29) is 17.9 Å². The van der Waals surface area contributed by atoms with Gasteiger partial charge in [0, 0.05) is 19.7 Å². The van der Waals surface area contributed by atoms with Crippen LogP contribution in [0.5, 0.6) is 0 Å². The Hall–Kier alpha value is -1.39. The van der Waals surface area contributed by atoms with Gasteiger partial charge in [-0.2, -0.15) is 0 Å². The zero-order chi connectivity index (χ0) is 15.0. The number of rotatable bonds is 8. The largest absolute Gasteiger partial charge is 0.396 e. The number of nitrogens with one attached hydrogen (secondary N) is 1. The molecular formula is C16H26N2O2. The molecule has 1 aromatic rings. The van der Waals surface area contributed by atoms with Crippen LogP contribution in [-0.2, 0) is 11.3 Å². The van der Waals surface area contributed by atoms with Gasteiger partial charge in [-0.25, -0.2) is 0 Å². The van der Waals surface area contributed by atoms with Gasteiger partial charge in [0.05, 0.1) is 6.54 Å². The maximum absolute atomic E-state index is 11.9. The van der Waals surface area contributed by atoms with Gasteiger partial charge in [0.15, 0.2) is 0 Å². The molecule has 0 aliphatic carbocycles. The van der Waals surface area contributed by atoms with E-state index in [9.17, 15) is 4.79 Å². The minimum Gasteiger partial charge on any atom is -0.396 e. The number of hydrogen-bond acceptors (Lipinski definition) is 3. The molecule has 0 aliphatic rings. The summed E-state index contributed by atoms with van der Waals surface area (Å²) in [5.74, 6) is 0.0226. The molecule has 1 aromatic carbocycles. The van der Waals surface area contributed by atoms with Crippen molar-refractivity contribution >= 4 is 5.91 Å². The average Bonchev–Trinajstić information content (AvgIpc) is 2.37. The predicted molar refractivity (Wildman–Crippen MR) is 81.3 cm³/mol. The molecule has 1 amide bonds. The van der Waals surface area contributed by atoms with Crippen LogP contribution in [0.1, 0.15) is 25.8 Å². The molecule has 0 fully saturated rings. The van der Waals surface area contributed by atoms with Crippen LogP contribution in [0.3, 0.4) is 0 Å². The van der Waals surface area contributed by atoms with Gasteiger partial charge in [0.1, 0.15) is 0 Å². The van der Waals surface area contributed by atoms with Crippen LogP contribution in [0.25, 0.3) is 0 Å². The van der Waals surface area contributed by atoms with Gasteiger partial charge in [-0.15, -0.1) is 0 Å². The van der Waals surface area contributed by atoms with Crippen LogP contribution in [0.15, 0.2) is 30.3 Å². The summed E-state index contributed by atoms with van der Waals surface area (Å²) in [6.07, 6.45) is 0.688. The lowest BCUT2D eigenvalue weighted by Gasteiger charge is -2.24.